The Morgan fingerprint density at radius 1 is 1.37 bits per heavy atom. The molecule has 3 nitrogen and oxygen atoms in total. The molecule has 104 valence electrons. The molecule has 0 aliphatic heterocycles. The standard InChI is InChI=1S/C16H24N2O/c1-11-6-7-14(12(2)8-11)10-18-16(19)13-4-3-5-15(17)9-13/h6-8,13,15H,3-5,9-10,17H2,1-2H3,(H,18,19). The first-order valence-corrected chi connectivity index (χ1v) is 7.15. The smallest absolute Gasteiger partial charge is 0.223 e. The van der Waals surface area contributed by atoms with Gasteiger partial charge in [-0.2, -0.15) is 0 Å². The molecule has 0 heterocycles. The summed E-state index contributed by atoms with van der Waals surface area (Å²) < 4.78 is 0. The summed E-state index contributed by atoms with van der Waals surface area (Å²) in [5.74, 6) is 0.268. The van der Waals surface area contributed by atoms with Gasteiger partial charge in [0.05, 0.1) is 0 Å². The average molecular weight is 260 g/mol. The fourth-order valence-corrected chi connectivity index (χ4v) is 2.84. The molecule has 2 rings (SSSR count). The van der Waals surface area contributed by atoms with Gasteiger partial charge in [0.2, 0.25) is 5.91 Å². The first kappa shape index (κ1) is 14.1. The third kappa shape index (κ3) is 3.80. The van der Waals surface area contributed by atoms with E-state index in [1.54, 1.807) is 0 Å². The Kier molecular flexibility index (Phi) is 4.59. The molecular weight excluding hydrogens is 236 g/mol. The minimum Gasteiger partial charge on any atom is -0.352 e. The molecule has 2 atom stereocenters. The highest BCUT2D eigenvalue weighted by Gasteiger charge is 2.24. The van der Waals surface area contributed by atoms with Crippen LogP contribution < -0.4 is 11.1 Å². The van der Waals surface area contributed by atoms with Crippen LogP contribution >= 0.6 is 0 Å². The van der Waals surface area contributed by atoms with E-state index >= 15 is 0 Å². The molecule has 1 aromatic carbocycles. The molecule has 0 saturated heterocycles. The molecule has 19 heavy (non-hydrogen) atoms. The Bertz CT molecular complexity index is 456. The number of hydrogen-bond acceptors (Lipinski definition) is 2. The summed E-state index contributed by atoms with van der Waals surface area (Å²) in [6, 6.07) is 6.53. The number of nitrogens with two attached hydrogens (primary N) is 1. The van der Waals surface area contributed by atoms with E-state index < -0.39 is 0 Å². The molecular formula is C16H24N2O. The Morgan fingerprint density at radius 3 is 2.84 bits per heavy atom. The highest BCUT2D eigenvalue weighted by atomic mass is 16.1. The van der Waals surface area contributed by atoms with Crippen molar-refractivity contribution in [3.8, 4) is 0 Å². The van der Waals surface area contributed by atoms with Crippen LogP contribution in [0.2, 0.25) is 0 Å². The van der Waals surface area contributed by atoms with Crippen molar-refractivity contribution in [2.24, 2.45) is 11.7 Å². The van der Waals surface area contributed by atoms with Crippen LogP contribution in [0.1, 0.15) is 42.4 Å². The maximum atomic E-state index is 12.1. The first-order valence-electron chi connectivity index (χ1n) is 7.15. The van der Waals surface area contributed by atoms with Crippen molar-refractivity contribution in [2.45, 2.75) is 52.1 Å². The quantitative estimate of drug-likeness (QED) is 0.877. The van der Waals surface area contributed by atoms with Crippen LogP contribution in [0.4, 0.5) is 0 Å². The van der Waals surface area contributed by atoms with Crippen LogP contribution in [0, 0.1) is 19.8 Å². The van der Waals surface area contributed by atoms with Gasteiger partial charge in [0.25, 0.3) is 0 Å². The molecule has 0 radical (unpaired) electrons. The number of carbonyl (C=O) groups excluding carboxylic acids is 1. The van der Waals surface area contributed by atoms with Crippen LogP contribution in [0.15, 0.2) is 18.2 Å². The third-order valence-corrected chi connectivity index (χ3v) is 4.04. The van der Waals surface area contributed by atoms with Crippen LogP contribution in [0.3, 0.4) is 0 Å². The van der Waals surface area contributed by atoms with Crippen molar-refractivity contribution in [1.29, 1.82) is 0 Å². The van der Waals surface area contributed by atoms with Crippen molar-refractivity contribution in [2.75, 3.05) is 0 Å². The van der Waals surface area contributed by atoms with E-state index in [-0.39, 0.29) is 17.9 Å². The lowest BCUT2D eigenvalue weighted by atomic mass is 9.85. The normalized spacial score (nSPS) is 23.1. The number of hydrogen-bond donors (Lipinski definition) is 2. The lowest BCUT2D eigenvalue weighted by Gasteiger charge is -2.25. The van der Waals surface area contributed by atoms with Crippen LogP contribution in [0.5, 0.6) is 0 Å². The van der Waals surface area contributed by atoms with E-state index in [4.69, 9.17) is 5.73 Å². The second-order valence-corrected chi connectivity index (χ2v) is 5.77. The second kappa shape index (κ2) is 6.20. The van der Waals surface area contributed by atoms with Gasteiger partial charge < -0.3 is 11.1 Å². The summed E-state index contributed by atoms with van der Waals surface area (Å²) in [4.78, 5) is 12.1. The maximum Gasteiger partial charge on any atom is 0.223 e. The monoisotopic (exact) mass is 260 g/mol. The fourth-order valence-electron chi connectivity index (χ4n) is 2.84. The minimum absolute atomic E-state index is 0.106. The molecule has 1 aliphatic rings. The number of amides is 1. The molecule has 1 amide bonds. The van der Waals surface area contributed by atoms with Gasteiger partial charge in [-0.05, 0) is 44.2 Å². The number of nitrogens with one attached hydrogen (secondary N) is 1. The topological polar surface area (TPSA) is 55.1 Å². The van der Waals surface area contributed by atoms with Gasteiger partial charge in [0.1, 0.15) is 0 Å². The van der Waals surface area contributed by atoms with E-state index in [1.165, 1.54) is 16.7 Å². The lowest BCUT2D eigenvalue weighted by Crippen LogP contribution is -2.37. The van der Waals surface area contributed by atoms with Crippen LogP contribution in [-0.4, -0.2) is 11.9 Å². The van der Waals surface area contributed by atoms with Crippen molar-refractivity contribution in [3.05, 3.63) is 34.9 Å². The summed E-state index contributed by atoms with van der Waals surface area (Å²) in [7, 11) is 0. The van der Waals surface area contributed by atoms with Gasteiger partial charge in [-0.25, -0.2) is 0 Å². The molecule has 1 saturated carbocycles. The van der Waals surface area contributed by atoms with E-state index in [9.17, 15) is 4.79 Å². The first-order chi connectivity index (χ1) is 9.06. The molecule has 2 unspecified atom stereocenters. The SMILES string of the molecule is Cc1ccc(CNC(=O)C2CCCC(N)C2)c(C)c1. The number of carbonyl (C=O) groups is 1. The van der Waals surface area contributed by atoms with Gasteiger partial charge in [0, 0.05) is 18.5 Å². The van der Waals surface area contributed by atoms with Gasteiger partial charge >= 0.3 is 0 Å². The molecule has 1 fully saturated rings. The Balaban J connectivity index is 1.89. The van der Waals surface area contributed by atoms with Crippen molar-refractivity contribution in [3.63, 3.8) is 0 Å². The molecule has 0 bridgehead atoms. The van der Waals surface area contributed by atoms with Crippen molar-refractivity contribution < 1.29 is 4.79 Å². The third-order valence-electron chi connectivity index (χ3n) is 4.04. The predicted molar refractivity (Wildman–Crippen MR) is 77.7 cm³/mol. The molecule has 0 spiro atoms. The average Bonchev–Trinajstić information content (AvgIpc) is 2.37. The van der Waals surface area contributed by atoms with E-state index in [2.05, 4.69) is 37.4 Å². The van der Waals surface area contributed by atoms with Crippen molar-refractivity contribution in [1.82, 2.24) is 5.32 Å². The summed E-state index contributed by atoms with van der Waals surface area (Å²) >= 11 is 0. The molecule has 1 aliphatic carbocycles. The zero-order valence-corrected chi connectivity index (χ0v) is 11.9. The lowest BCUT2D eigenvalue weighted by molar-refractivity contribution is -0.126. The van der Waals surface area contributed by atoms with Gasteiger partial charge in [0.15, 0.2) is 0 Å². The molecule has 3 N–H and O–H groups in total. The van der Waals surface area contributed by atoms with E-state index in [0.717, 1.165) is 25.7 Å². The van der Waals surface area contributed by atoms with Crippen LogP contribution in [0.25, 0.3) is 0 Å². The van der Waals surface area contributed by atoms with Gasteiger partial charge in [-0.3, -0.25) is 4.79 Å². The highest BCUT2D eigenvalue weighted by Crippen LogP contribution is 2.23. The van der Waals surface area contributed by atoms with E-state index in [0.29, 0.717) is 6.54 Å². The zero-order chi connectivity index (χ0) is 13.8. The Labute approximate surface area is 115 Å². The van der Waals surface area contributed by atoms with E-state index in [1.807, 2.05) is 0 Å². The predicted octanol–water partition coefficient (Wildman–Crippen LogP) is 2.44. The van der Waals surface area contributed by atoms with Gasteiger partial charge in [-0.15, -0.1) is 0 Å². The summed E-state index contributed by atoms with van der Waals surface area (Å²) in [6.07, 6.45) is 3.94. The Morgan fingerprint density at radius 2 is 2.16 bits per heavy atom. The summed E-state index contributed by atoms with van der Waals surface area (Å²) in [6.45, 7) is 4.79. The molecule has 0 aromatic heterocycles. The fraction of sp³-hybridized carbons (Fsp3) is 0.562. The van der Waals surface area contributed by atoms with Crippen LogP contribution in [-0.2, 0) is 11.3 Å². The number of aryl methyl sites for hydroxylation is 2. The minimum atomic E-state index is 0.106. The zero-order valence-electron chi connectivity index (χ0n) is 11.9. The van der Waals surface area contributed by atoms with Crippen molar-refractivity contribution >= 4 is 5.91 Å². The molecule has 1 aromatic rings. The largest absolute Gasteiger partial charge is 0.352 e. The summed E-state index contributed by atoms with van der Waals surface area (Å²) in [5, 5.41) is 3.06. The Hall–Kier alpha value is -1.35. The number of rotatable bonds is 3. The molecule has 3 heteroatoms. The maximum absolute atomic E-state index is 12.1. The number of benzene rings is 1. The van der Waals surface area contributed by atoms with Gasteiger partial charge in [-0.1, -0.05) is 30.2 Å². The second-order valence-electron chi connectivity index (χ2n) is 5.77. The highest BCUT2D eigenvalue weighted by molar-refractivity contribution is 5.78. The summed E-state index contributed by atoms with van der Waals surface area (Å²) in [5.41, 5.74) is 9.62.